The number of hydrogen-bond donors (Lipinski definition) is 4. The van der Waals surface area contributed by atoms with Crippen LogP contribution in [0, 0.1) is 11.3 Å². The lowest BCUT2D eigenvalue weighted by atomic mass is 10.0. The maximum Gasteiger partial charge on any atom is 0.315 e. The minimum Gasteiger partial charge on any atom is -0.396 e. The number of H-pyrrole nitrogens is 1. The zero-order chi connectivity index (χ0) is 16.4. The van der Waals surface area contributed by atoms with E-state index in [2.05, 4.69) is 20.6 Å². The van der Waals surface area contributed by atoms with Gasteiger partial charge in [-0.1, -0.05) is 26.0 Å². The Bertz CT molecular complexity index is 658. The molecule has 1 unspecified atom stereocenters. The van der Waals surface area contributed by atoms with Gasteiger partial charge in [0.2, 0.25) is 0 Å². The molecule has 2 aromatic rings. The lowest BCUT2D eigenvalue weighted by molar-refractivity contribution is 0.200. The second-order valence-corrected chi connectivity index (χ2v) is 6.85. The normalized spacial score (nSPS) is 17.2. The van der Waals surface area contributed by atoms with Crippen LogP contribution in [0.25, 0.3) is 11.0 Å². The molecule has 1 saturated carbocycles. The molecule has 0 spiro atoms. The van der Waals surface area contributed by atoms with Crippen molar-refractivity contribution in [3.8, 4) is 0 Å². The number of amides is 2. The lowest BCUT2D eigenvalue weighted by Crippen LogP contribution is -2.42. The van der Waals surface area contributed by atoms with E-state index in [-0.39, 0.29) is 30.0 Å². The summed E-state index contributed by atoms with van der Waals surface area (Å²) in [6.07, 6.45) is 1.95. The molecular weight excluding hydrogens is 292 g/mol. The van der Waals surface area contributed by atoms with Gasteiger partial charge in [-0.25, -0.2) is 9.78 Å². The number of benzene rings is 1. The number of carbonyl (C=O) groups excluding carboxylic acids is 1. The summed E-state index contributed by atoms with van der Waals surface area (Å²) in [6.45, 7) is 4.74. The number of para-hydroxylation sites is 2. The maximum absolute atomic E-state index is 12.2. The van der Waals surface area contributed by atoms with Gasteiger partial charge in [0, 0.05) is 12.0 Å². The van der Waals surface area contributed by atoms with Crippen molar-refractivity contribution in [1.29, 1.82) is 0 Å². The molecule has 1 aliphatic carbocycles. The zero-order valence-electron chi connectivity index (χ0n) is 13.6. The van der Waals surface area contributed by atoms with Gasteiger partial charge in [-0.15, -0.1) is 0 Å². The van der Waals surface area contributed by atoms with Gasteiger partial charge in [0.05, 0.1) is 23.7 Å². The van der Waals surface area contributed by atoms with Gasteiger partial charge in [0.1, 0.15) is 5.82 Å². The molecule has 0 bridgehead atoms. The van der Waals surface area contributed by atoms with Gasteiger partial charge in [-0.05, 0) is 30.9 Å². The first-order chi connectivity index (χ1) is 11.0. The van der Waals surface area contributed by atoms with E-state index < -0.39 is 0 Å². The fourth-order valence-corrected chi connectivity index (χ4v) is 2.70. The number of imidazole rings is 1. The fraction of sp³-hybridized carbons (Fsp3) is 0.529. The Kier molecular flexibility index (Phi) is 4.26. The van der Waals surface area contributed by atoms with Gasteiger partial charge < -0.3 is 20.7 Å². The highest BCUT2D eigenvalue weighted by Gasteiger charge is 2.42. The predicted octanol–water partition coefficient (Wildman–Crippen LogP) is 2.33. The van der Waals surface area contributed by atoms with Crippen molar-refractivity contribution in [3.05, 3.63) is 30.1 Å². The average Bonchev–Trinajstić information content (AvgIpc) is 3.20. The molecule has 124 valence electrons. The first-order valence-electron chi connectivity index (χ1n) is 8.13. The van der Waals surface area contributed by atoms with Gasteiger partial charge >= 0.3 is 6.03 Å². The molecular formula is C17H24N4O2. The van der Waals surface area contributed by atoms with Crippen LogP contribution in [0.15, 0.2) is 24.3 Å². The van der Waals surface area contributed by atoms with Gasteiger partial charge in [-0.2, -0.15) is 0 Å². The van der Waals surface area contributed by atoms with Crippen LogP contribution in [0.3, 0.4) is 0 Å². The third-order valence-electron chi connectivity index (χ3n) is 4.57. The third kappa shape index (κ3) is 3.47. The predicted molar refractivity (Wildman–Crippen MR) is 89.0 cm³/mol. The fourth-order valence-electron chi connectivity index (χ4n) is 2.70. The van der Waals surface area contributed by atoms with Crippen LogP contribution in [0.5, 0.6) is 0 Å². The van der Waals surface area contributed by atoms with Gasteiger partial charge in [-0.3, -0.25) is 0 Å². The van der Waals surface area contributed by atoms with Crippen LogP contribution in [0.2, 0.25) is 0 Å². The van der Waals surface area contributed by atoms with Crippen LogP contribution in [0.4, 0.5) is 4.79 Å². The topological polar surface area (TPSA) is 90.0 Å². The first kappa shape index (κ1) is 15.8. The van der Waals surface area contributed by atoms with Crippen molar-refractivity contribution in [1.82, 2.24) is 20.6 Å². The number of aromatic nitrogens is 2. The summed E-state index contributed by atoms with van der Waals surface area (Å²) in [5.74, 6) is 0.966. The quantitative estimate of drug-likeness (QED) is 0.659. The summed E-state index contributed by atoms with van der Waals surface area (Å²) in [6, 6.07) is 7.42. The van der Waals surface area contributed by atoms with E-state index >= 15 is 0 Å². The lowest BCUT2D eigenvalue weighted by Gasteiger charge is -2.21. The number of nitrogens with zero attached hydrogens (tertiary/aromatic N) is 1. The molecule has 0 radical (unpaired) electrons. The molecule has 3 rings (SSSR count). The Labute approximate surface area is 135 Å². The van der Waals surface area contributed by atoms with E-state index in [9.17, 15) is 9.90 Å². The van der Waals surface area contributed by atoms with Gasteiger partial charge in [0.15, 0.2) is 0 Å². The second-order valence-electron chi connectivity index (χ2n) is 6.85. The molecule has 6 nitrogen and oxygen atoms in total. The molecule has 23 heavy (non-hydrogen) atoms. The Morgan fingerprint density at radius 3 is 2.74 bits per heavy atom. The summed E-state index contributed by atoms with van der Waals surface area (Å²) in [5.41, 5.74) is 1.77. The average molecular weight is 316 g/mol. The number of nitrogens with one attached hydrogen (secondary N) is 3. The number of carbonyl (C=O) groups is 1. The van der Waals surface area contributed by atoms with Crippen LogP contribution in [0.1, 0.15) is 38.6 Å². The van der Waals surface area contributed by atoms with Crippen LogP contribution < -0.4 is 10.6 Å². The van der Waals surface area contributed by atoms with E-state index in [1.165, 1.54) is 0 Å². The highest BCUT2D eigenvalue weighted by Crippen LogP contribution is 2.44. The highest BCUT2D eigenvalue weighted by molar-refractivity contribution is 5.76. The van der Waals surface area contributed by atoms with Crippen LogP contribution in [-0.4, -0.2) is 34.3 Å². The van der Waals surface area contributed by atoms with E-state index in [4.69, 9.17) is 0 Å². The molecule has 1 aliphatic rings. The molecule has 1 aromatic heterocycles. The van der Waals surface area contributed by atoms with E-state index in [1.807, 2.05) is 38.1 Å². The number of aromatic amines is 1. The number of hydrogen-bond acceptors (Lipinski definition) is 3. The first-order valence-corrected chi connectivity index (χ1v) is 8.13. The standard InChI is InChI=1S/C17H24N4O2/c1-11(2)14(15-19-12-5-3-4-6-13(12)20-15)21-16(23)18-9-17(10-22)7-8-17/h3-6,11,14,22H,7-10H2,1-2H3,(H,19,20)(H2,18,21,23). The molecule has 0 aliphatic heterocycles. The summed E-state index contributed by atoms with van der Waals surface area (Å²) in [7, 11) is 0. The van der Waals surface area contributed by atoms with Crippen molar-refractivity contribution in [2.75, 3.05) is 13.2 Å². The Morgan fingerprint density at radius 2 is 2.13 bits per heavy atom. The number of aliphatic hydroxyl groups excluding tert-OH is 1. The largest absolute Gasteiger partial charge is 0.396 e. The summed E-state index contributed by atoms with van der Waals surface area (Å²) in [5, 5.41) is 15.2. The number of urea groups is 1. The van der Waals surface area contributed by atoms with Crippen molar-refractivity contribution >= 4 is 17.1 Å². The summed E-state index contributed by atoms with van der Waals surface area (Å²) >= 11 is 0. The van der Waals surface area contributed by atoms with Crippen molar-refractivity contribution in [3.63, 3.8) is 0 Å². The number of aliphatic hydroxyl groups is 1. The monoisotopic (exact) mass is 316 g/mol. The van der Waals surface area contributed by atoms with E-state index in [1.54, 1.807) is 0 Å². The molecule has 1 heterocycles. The molecule has 1 atom stereocenters. The van der Waals surface area contributed by atoms with Crippen molar-refractivity contribution in [2.45, 2.75) is 32.7 Å². The minimum atomic E-state index is -0.219. The third-order valence-corrected chi connectivity index (χ3v) is 4.57. The SMILES string of the molecule is CC(C)C(NC(=O)NCC1(CO)CC1)c1nc2ccccc2[nH]1. The van der Waals surface area contributed by atoms with Gasteiger partial charge in [0.25, 0.3) is 0 Å². The molecule has 0 saturated heterocycles. The van der Waals surface area contributed by atoms with Crippen molar-refractivity contribution in [2.24, 2.45) is 11.3 Å². The molecule has 2 amide bonds. The molecule has 6 heteroatoms. The zero-order valence-corrected chi connectivity index (χ0v) is 13.6. The molecule has 1 aromatic carbocycles. The smallest absolute Gasteiger partial charge is 0.315 e. The number of fused-ring (bicyclic) bond motifs is 1. The van der Waals surface area contributed by atoms with Crippen LogP contribution >= 0.6 is 0 Å². The molecule has 1 fully saturated rings. The summed E-state index contributed by atoms with van der Waals surface area (Å²) < 4.78 is 0. The maximum atomic E-state index is 12.2. The molecule has 4 N–H and O–H groups in total. The Balaban J connectivity index is 1.67. The number of rotatable bonds is 6. The van der Waals surface area contributed by atoms with Crippen molar-refractivity contribution < 1.29 is 9.90 Å². The van der Waals surface area contributed by atoms with Crippen LogP contribution in [-0.2, 0) is 0 Å². The van der Waals surface area contributed by atoms with E-state index in [0.717, 1.165) is 29.7 Å². The van der Waals surface area contributed by atoms with E-state index in [0.29, 0.717) is 6.54 Å². The Morgan fingerprint density at radius 1 is 1.39 bits per heavy atom. The summed E-state index contributed by atoms with van der Waals surface area (Å²) in [4.78, 5) is 20.1. The second kappa shape index (κ2) is 6.20. The minimum absolute atomic E-state index is 0.0932. The highest BCUT2D eigenvalue weighted by atomic mass is 16.3. The Hall–Kier alpha value is -2.08.